The van der Waals surface area contributed by atoms with Crippen LogP contribution in [0.2, 0.25) is 0 Å². The minimum atomic E-state index is -1.64. The molecular formula is C10H9FN2O3S. The molecule has 0 aliphatic heterocycles. The molecule has 0 aliphatic carbocycles. The van der Waals surface area contributed by atoms with Gasteiger partial charge in [-0.05, 0) is 12.1 Å². The molecule has 2 aromatic rings. The largest absolute Gasteiger partial charge is 0.506 e. The first-order valence-corrected chi connectivity index (χ1v) is 5.51. The molecule has 1 aromatic carbocycles. The minimum absolute atomic E-state index is 0.110. The summed E-state index contributed by atoms with van der Waals surface area (Å²) >= 11 is 1.14. The third-order valence-corrected chi connectivity index (χ3v) is 2.76. The zero-order valence-electron chi connectivity index (χ0n) is 8.46. The van der Waals surface area contributed by atoms with Gasteiger partial charge in [-0.25, -0.2) is 9.37 Å². The van der Waals surface area contributed by atoms with Crippen molar-refractivity contribution >= 4 is 22.2 Å². The average molecular weight is 256 g/mol. The zero-order chi connectivity index (χ0) is 12.4. The van der Waals surface area contributed by atoms with Crippen molar-refractivity contribution in [2.45, 2.75) is 6.29 Å². The SMILES string of the molecule is Oc1cc(F)ccc1Nc1nc(C(O)O)cs1. The number of aliphatic hydroxyl groups is 2. The van der Waals surface area contributed by atoms with E-state index in [4.69, 9.17) is 10.2 Å². The monoisotopic (exact) mass is 256 g/mol. The Morgan fingerprint density at radius 1 is 1.35 bits per heavy atom. The van der Waals surface area contributed by atoms with E-state index < -0.39 is 12.1 Å². The summed E-state index contributed by atoms with van der Waals surface area (Å²) in [5, 5.41) is 31.8. The summed E-state index contributed by atoms with van der Waals surface area (Å²) in [4.78, 5) is 3.87. The number of thiazole rings is 1. The molecule has 0 unspecified atom stereocenters. The maximum Gasteiger partial charge on any atom is 0.196 e. The summed E-state index contributed by atoms with van der Waals surface area (Å²) in [6.45, 7) is 0. The number of aromatic nitrogens is 1. The van der Waals surface area contributed by atoms with E-state index >= 15 is 0 Å². The Labute approximate surface area is 99.8 Å². The minimum Gasteiger partial charge on any atom is -0.506 e. The molecular weight excluding hydrogens is 247 g/mol. The number of benzene rings is 1. The van der Waals surface area contributed by atoms with Gasteiger partial charge < -0.3 is 20.6 Å². The number of aliphatic hydroxyl groups excluding tert-OH is 1. The second-order valence-corrected chi connectivity index (χ2v) is 4.10. The summed E-state index contributed by atoms with van der Waals surface area (Å²) in [5.41, 5.74) is 0.402. The van der Waals surface area contributed by atoms with Crippen LogP contribution < -0.4 is 5.32 Å². The topological polar surface area (TPSA) is 85.6 Å². The highest BCUT2D eigenvalue weighted by Gasteiger charge is 2.10. The molecule has 0 atom stereocenters. The number of aromatic hydroxyl groups is 1. The van der Waals surface area contributed by atoms with Crippen LogP contribution in [0.15, 0.2) is 23.6 Å². The average Bonchev–Trinajstić information content (AvgIpc) is 2.71. The van der Waals surface area contributed by atoms with Crippen molar-refractivity contribution in [1.29, 1.82) is 0 Å². The fourth-order valence-corrected chi connectivity index (χ4v) is 1.92. The van der Waals surface area contributed by atoms with E-state index in [1.54, 1.807) is 0 Å². The standard InChI is InChI=1S/C10H9FN2O3S/c11-5-1-2-6(8(14)3-5)12-10-13-7(4-17-10)9(15)16/h1-4,9,14-16H,(H,12,13). The van der Waals surface area contributed by atoms with Crippen LogP contribution in [0.1, 0.15) is 12.0 Å². The second-order valence-electron chi connectivity index (χ2n) is 3.24. The lowest BCUT2D eigenvalue weighted by atomic mass is 10.3. The number of phenolic OH excluding ortho intramolecular Hbond substituents is 1. The van der Waals surface area contributed by atoms with Crippen molar-refractivity contribution in [3.63, 3.8) is 0 Å². The quantitative estimate of drug-likeness (QED) is 0.496. The molecule has 0 fully saturated rings. The Morgan fingerprint density at radius 2 is 2.12 bits per heavy atom. The lowest BCUT2D eigenvalue weighted by molar-refractivity contribution is -0.0453. The predicted octanol–water partition coefficient (Wildman–Crippen LogP) is 1.71. The third kappa shape index (κ3) is 2.70. The summed E-state index contributed by atoms with van der Waals surface area (Å²) in [6.07, 6.45) is -1.64. The zero-order valence-corrected chi connectivity index (χ0v) is 9.28. The second kappa shape index (κ2) is 4.66. The van der Waals surface area contributed by atoms with Gasteiger partial charge in [0, 0.05) is 11.4 Å². The summed E-state index contributed by atoms with van der Waals surface area (Å²) in [5.74, 6) is -0.787. The molecule has 7 heteroatoms. The molecule has 2 rings (SSSR count). The number of halogens is 1. The molecule has 0 amide bonds. The van der Waals surface area contributed by atoms with Gasteiger partial charge in [-0.1, -0.05) is 0 Å². The van der Waals surface area contributed by atoms with Crippen LogP contribution in [-0.2, 0) is 0 Å². The van der Waals surface area contributed by atoms with Crippen LogP contribution in [-0.4, -0.2) is 20.3 Å². The van der Waals surface area contributed by atoms with Crippen molar-refractivity contribution < 1.29 is 19.7 Å². The molecule has 5 nitrogen and oxygen atoms in total. The number of anilines is 2. The van der Waals surface area contributed by atoms with Gasteiger partial charge in [0.2, 0.25) is 0 Å². The van der Waals surface area contributed by atoms with Crippen LogP contribution >= 0.6 is 11.3 Å². The maximum absolute atomic E-state index is 12.7. The number of nitrogens with zero attached hydrogens (tertiary/aromatic N) is 1. The molecule has 0 saturated heterocycles. The number of phenols is 1. The number of rotatable bonds is 3. The van der Waals surface area contributed by atoms with E-state index in [2.05, 4.69) is 10.3 Å². The van der Waals surface area contributed by atoms with Crippen molar-refractivity contribution in [3.8, 4) is 5.75 Å². The highest BCUT2D eigenvalue weighted by atomic mass is 32.1. The Kier molecular flexibility index (Phi) is 3.23. The van der Waals surface area contributed by atoms with Crippen molar-refractivity contribution in [3.05, 3.63) is 35.1 Å². The molecule has 90 valence electrons. The third-order valence-electron chi connectivity index (χ3n) is 1.99. The van der Waals surface area contributed by atoms with Gasteiger partial charge in [0.1, 0.15) is 17.3 Å². The van der Waals surface area contributed by atoms with Gasteiger partial charge in [0.15, 0.2) is 11.4 Å². The fourth-order valence-electron chi connectivity index (χ4n) is 1.19. The first-order valence-electron chi connectivity index (χ1n) is 4.63. The van der Waals surface area contributed by atoms with Crippen molar-refractivity contribution in [2.75, 3.05) is 5.32 Å². The van der Waals surface area contributed by atoms with Gasteiger partial charge in [0.05, 0.1) is 5.69 Å². The lowest BCUT2D eigenvalue weighted by Gasteiger charge is -2.05. The van der Waals surface area contributed by atoms with Crippen LogP contribution in [0.25, 0.3) is 0 Å². The number of hydrogen-bond acceptors (Lipinski definition) is 6. The Hall–Kier alpha value is -1.70. The fraction of sp³-hybridized carbons (Fsp3) is 0.100. The highest BCUT2D eigenvalue weighted by molar-refractivity contribution is 7.13. The van der Waals surface area contributed by atoms with Crippen molar-refractivity contribution in [2.24, 2.45) is 0 Å². The smallest absolute Gasteiger partial charge is 0.196 e. The Morgan fingerprint density at radius 3 is 2.71 bits per heavy atom. The van der Waals surface area contributed by atoms with E-state index in [-0.39, 0.29) is 11.4 Å². The van der Waals surface area contributed by atoms with Gasteiger partial charge >= 0.3 is 0 Å². The molecule has 0 bridgehead atoms. The van der Waals surface area contributed by atoms with Crippen LogP contribution in [0, 0.1) is 5.82 Å². The van der Waals surface area contributed by atoms with Gasteiger partial charge in [-0.3, -0.25) is 0 Å². The van der Waals surface area contributed by atoms with E-state index in [9.17, 15) is 9.50 Å². The first-order chi connectivity index (χ1) is 8.06. The van der Waals surface area contributed by atoms with Gasteiger partial charge in [0.25, 0.3) is 0 Å². The maximum atomic E-state index is 12.7. The molecule has 1 aromatic heterocycles. The van der Waals surface area contributed by atoms with E-state index in [1.807, 2.05) is 0 Å². The van der Waals surface area contributed by atoms with Crippen molar-refractivity contribution in [1.82, 2.24) is 4.98 Å². The molecule has 1 heterocycles. The lowest BCUT2D eigenvalue weighted by Crippen LogP contribution is -1.96. The number of nitrogens with one attached hydrogen (secondary N) is 1. The molecule has 0 aliphatic rings. The van der Waals surface area contributed by atoms with E-state index in [1.165, 1.54) is 17.5 Å². The van der Waals surface area contributed by atoms with Crippen LogP contribution in [0.4, 0.5) is 15.2 Å². The highest BCUT2D eigenvalue weighted by Crippen LogP contribution is 2.29. The summed E-state index contributed by atoms with van der Waals surface area (Å²) < 4.78 is 12.7. The number of hydrogen-bond donors (Lipinski definition) is 4. The first kappa shape index (κ1) is 11.8. The molecule has 4 N–H and O–H groups in total. The van der Waals surface area contributed by atoms with Gasteiger partial charge in [-0.2, -0.15) is 0 Å². The summed E-state index contributed by atoms with van der Waals surface area (Å²) in [6, 6.07) is 3.52. The van der Waals surface area contributed by atoms with Crippen LogP contribution in [0.3, 0.4) is 0 Å². The van der Waals surface area contributed by atoms with Gasteiger partial charge in [-0.15, -0.1) is 11.3 Å². The molecule has 0 radical (unpaired) electrons. The Bertz CT molecular complexity index is 530. The Balaban J connectivity index is 2.19. The van der Waals surface area contributed by atoms with E-state index in [0.717, 1.165) is 17.4 Å². The predicted molar refractivity (Wildman–Crippen MR) is 60.6 cm³/mol. The van der Waals surface area contributed by atoms with Crippen LogP contribution in [0.5, 0.6) is 5.75 Å². The molecule has 0 spiro atoms. The normalized spacial score (nSPS) is 10.8. The molecule has 0 saturated carbocycles. The molecule has 17 heavy (non-hydrogen) atoms. The summed E-state index contributed by atoms with van der Waals surface area (Å²) in [7, 11) is 0. The van der Waals surface area contributed by atoms with E-state index in [0.29, 0.717) is 10.8 Å².